The Morgan fingerprint density at radius 3 is 2.23 bits per heavy atom. The molecule has 0 aliphatic heterocycles. The number of carbonyl (C=O) groups is 3. The fourth-order valence-electron chi connectivity index (χ4n) is 4.64. The highest BCUT2D eigenvalue weighted by Crippen LogP contribution is 2.29. The molecule has 9 nitrogen and oxygen atoms in total. The van der Waals surface area contributed by atoms with E-state index in [1.165, 1.54) is 0 Å². The van der Waals surface area contributed by atoms with Gasteiger partial charge in [0.25, 0.3) is 0 Å². The first kappa shape index (κ1) is 28.5. The standard InChI is InChI=1S/C31H35N5O4/c32-26(19-22-20-33-27-11-7-5-10-25(22)27)31(39)35-28-12-8-6-9-24(28)21-15-17-23(18-16-21)34-29(37)13-3-1-2-4-14-30(38)36-40/h5-12,15-18,20,26,33,40H,1-4,13-14,19,32H2,(H,34,37)(H,35,39)(H,36,38)/t26-/m1/s1. The summed E-state index contributed by atoms with van der Waals surface area (Å²) < 4.78 is 0. The van der Waals surface area contributed by atoms with Crippen LogP contribution < -0.4 is 21.8 Å². The van der Waals surface area contributed by atoms with Crippen LogP contribution in [0.3, 0.4) is 0 Å². The van der Waals surface area contributed by atoms with Crippen molar-refractivity contribution in [1.29, 1.82) is 0 Å². The molecule has 0 saturated heterocycles. The van der Waals surface area contributed by atoms with Crippen LogP contribution in [0.25, 0.3) is 22.0 Å². The number of hydrogen-bond donors (Lipinski definition) is 6. The highest BCUT2D eigenvalue weighted by atomic mass is 16.5. The Balaban J connectivity index is 1.30. The normalized spacial score (nSPS) is 11.7. The van der Waals surface area contributed by atoms with Gasteiger partial charge in [-0.3, -0.25) is 19.6 Å². The number of anilines is 2. The van der Waals surface area contributed by atoms with Gasteiger partial charge in [0.2, 0.25) is 17.7 Å². The van der Waals surface area contributed by atoms with Gasteiger partial charge >= 0.3 is 0 Å². The summed E-state index contributed by atoms with van der Waals surface area (Å²) in [5.41, 5.74) is 13.0. The lowest BCUT2D eigenvalue weighted by molar-refractivity contribution is -0.129. The summed E-state index contributed by atoms with van der Waals surface area (Å²) in [6.07, 6.45) is 6.02. The molecule has 0 spiro atoms. The minimum atomic E-state index is -0.718. The predicted molar refractivity (Wildman–Crippen MR) is 157 cm³/mol. The number of carbonyl (C=O) groups excluding carboxylic acids is 3. The van der Waals surface area contributed by atoms with E-state index in [0.717, 1.165) is 46.9 Å². The molecule has 4 aromatic rings. The van der Waals surface area contributed by atoms with E-state index in [9.17, 15) is 14.4 Å². The Morgan fingerprint density at radius 2 is 1.48 bits per heavy atom. The lowest BCUT2D eigenvalue weighted by atomic mass is 10.0. The highest BCUT2D eigenvalue weighted by molar-refractivity contribution is 5.99. The zero-order valence-corrected chi connectivity index (χ0v) is 22.3. The maximum absolute atomic E-state index is 13.0. The average Bonchev–Trinajstić information content (AvgIpc) is 3.38. The molecule has 3 amide bonds. The summed E-state index contributed by atoms with van der Waals surface area (Å²) >= 11 is 0. The zero-order valence-electron chi connectivity index (χ0n) is 22.3. The molecule has 0 radical (unpaired) electrons. The number of hydrogen-bond acceptors (Lipinski definition) is 5. The number of aromatic nitrogens is 1. The summed E-state index contributed by atoms with van der Waals surface area (Å²) in [6.45, 7) is 0. The molecule has 9 heteroatoms. The summed E-state index contributed by atoms with van der Waals surface area (Å²) in [7, 11) is 0. The first-order chi connectivity index (χ1) is 19.4. The van der Waals surface area contributed by atoms with Crippen molar-refractivity contribution in [1.82, 2.24) is 10.5 Å². The minimum absolute atomic E-state index is 0.0716. The van der Waals surface area contributed by atoms with Gasteiger partial charge in [-0.05, 0) is 54.7 Å². The van der Waals surface area contributed by atoms with E-state index in [1.807, 2.05) is 79.0 Å². The van der Waals surface area contributed by atoms with Gasteiger partial charge in [-0.1, -0.05) is 61.4 Å². The highest BCUT2D eigenvalue weighted by Gasteiger charge is 2.18. The molecule has 0 aliphatic rings. The van der Waals surface area contributed by atoms with Crippen LogP contribution in [0.1, 0.15) is 44.1 Å². The molecule has 1 aromatic heterocycles. The largest absolute Gasteiger partial charge is 0.361 e. The van der Waals surface area contributed by atoms with Crippen LogP contribution in [0.2, 0.25) is 0 Å². The van der Waals surface area contributed by atoms with Crippen molar-refractivity contribution in [2.45, 2.75) is 51.0 Å². The third-order valence-corrected chi connectivity index (χ3v) is 6.80. The monoisotopic (exact) mass is 541 g/mol. The summed E-state index contributed by atoms with van der Waals surface area (Å²) in [6, 6.07) is 22.2. The molecular weight excluding hydrogens is 506 g/mol. The van der Waals surface area contributed by atoms with E-state index < -0.39 is 11.9 Å². The number of benzene rings is 3. The Labute approximate surface area is 233 Å². The maximum Gasteiger partial charge on any atom is 0.243 e. The molecular formula is C31H35N5O4. The van der Waals surface area contributed by atoms with E-state index >= 15 is 0 Å². The van der Waals surface area contributed by atoms with Gasteiger partial charge in [-0.2, -0.15) is 0 Å². The molecule has 0 fully saturated rings. The van der Waals surface area contributed by atoms with E-state index in [4.69, 9.17) is 10.9 Å². The molecule has 1 atom stereocenters. The summed E-state index contributed by atoms with van der Waals surface area (Å²) in [5, 5.41) is 15.4. The second-order valence-corrected chi connectivity index (χ2v) is 9.78. The molecule has 40 heavy (non-hydrogen) atoms. The van der Waals surface area contributed by atoms with Crippen molar-refractivity contribution in [3.05, 3.63) is 84.6 Å². The number of aromatic amines is 1. The van der Waals surface area contributed by atoms with Crippen LogP contribution in [-0.2, 0) is 20.8 Å². The minimum Gasteiger partial charge on any atom is -0.361 e. The lowest BCUT2D eigenvalue weighted by Gasteiger charge is -2.15. The number of unbranched alkanes of at least 4 members (excludes halogenated alkanes) is 3. The number of amides is 3. The van der Waals surface area contributed by atoms with Crippen molar-refractivity contribution < 1.29 is 19.6 Å². The topological polar surface area (TPSA) is 149 Å². The second kappa shape index (κ2) is 14.1. The fourth-order valence-corrected chi connectivity index (χ4v) is 4.64. The third kappa shape index (κ3) is 7.78. The molecule has 0 unspecified atom stereocenters. The molecule has 0 bridgehead atoms. The van der Waals surface area contributed by atoms with Crippen LogP contribution in [0.5, 0.6) is 0 Å². The van der Waals surface area contributed by atoms with Crippen LogP contribution in [0.15, 0.2) is 79.0 Å². The van der Waals surface area contributed by atoms with Gasteiger partial charge < -0.3 is 21.4 Å². The average molecular weight is 542 g/mol. The number of nitrogens with one attached hydrogen (secondary N) is 4. The van der Waals surface area contributed by atoms with E-state index in [-0.39, 0.29) is 18.2 Å². The van der Waals surface area contributed by atoms with Crippen molar-refractivity contribution in [2.75, 3.05) is 10.6 Å². The van der Waals surface area contributed by atoms with E-state index in [2.05, 4.69) is 15.6 Å². The van der Waals surface area contributed by atoms with Gasteiger partial charge in [0.15, 0.2) is 0 Å². The smallest absolute Gasteiger partial charge is 0.243 e. The quantitative estimate of drug-likeness (QED) is 0.0788. The predicted octanol–water partition coefficient (Wildman–Crippen LogP) is 5.13. The molecule has 7 N–H and O–H groups in total. The summed E-state index contributed by atoms with van der Waals surface area (Å²) in [5.74, 6) is -0.729. The molecule has 4 rings (SSSR count). The van der Waals surface area contributed by atoms with Gasteiger partial charge in [-0.25, -0.2) is 5.48 Å². The first-order valence-electron chi connectivity index (χ1n) is 13.5. The van der Waals surface area contributed by atoms with Gasteiger partial charge in [-0.15, -0.1) is 0 Å². The molecule has 0 aliphatic carbocycles. The van der Waals surface area contributed by atoms with Gasteiger partial charge in [0.1, 0.15) is 0 Å². The molecule has 0 saturated carbocycles. The number of nitrogens with two attached hydrogens (primary N) is 1. The molecule has 208 valence electrons. The van der Waals surface area contributed by atoms with Crippen molar-refractivity contribution in [3.8, 4) is 11.1 Å². The Hall–Kier alpha value is -4.47. The summed E-state index contributed by atoms with van der Waals surface area (Å²) in [4.78, 5) is 39.5. The fraction of sp³-hybridized carbons (Fsp3) is 0.258. The van der Waals surface area contributed by atoms with E-state index in [1.54, 1.807) is 5.48 Å². The lowest BCUT2D eigenvalue weighted by Crippen LogP contribution is -2.37. The number of H-pyrrole nitrogens is 1. The maximum atomic E-state index is 13.0. The number of fused-ring (bicyclic) bond motifs is 1. The number of hydroxylamine groups is 1. The van der Waals surface area contributed by atoms with Crippen LogP contribution in [0.4, 0.5) is 11.4 Å². The van der Waals surface area contributed by atoms with Crippen molar-refractivity contribution in [2.24, 2.45) is 5.73 Å². The number of rotatable bonds is 13. The first-order valence-corrected chi connectivity index (χ1v) is 13.5. The Bertz CT molecular complexity index is 1450. The Kier molecular flexibility index (Phi) is 10.0. The third-order valence-electron chi connectivity index (χ3n) is 6.80. The second-order valence-electron chi connectivity index (χ2n) is 9.78. The number of para-hydroxylation sites is 2. The van der Waals surface area contributed by atoms with Gasteiger partial charge in [0.05, 0.1) is 6.04 Å². The van der Waals surface area contributed by atoms with Crippen molar-refractivity contribution in [3.63, 3.8) is 0 Å². The van der Waals surface area contributed by atoms with Gasteiger partial charge in [0, 0.05) is 46.9 Å². The van der Waals surface area contributed by atoms with Crippen LogP contribution in [-0.4, -0.2) is 34.0 Å². The molecule has 1 heterocycles. The van der Waals surface area contributed by atoms with Crippen molar-refractivity contribution >= 4 is 40.0 Å². The van der Waals surface area contributed by atoms with Crippen LogP contribution >= 0.6 is 0 Å². The Morgan fingerprint density at radius 1 is 0.800 bits per heavy atom. The molecule has 3 aromatic carbocycles. The zero-order chi connectivity index (χ0) is 28.3. The van der Waals surface area contributed by atoms with Crippen LogP contribution in [0, 0.1) is 0 Å². The van der Waals surface area contributed by atoms with E-state index in [0.29, 0.717) is 30.6 Å². The SMILES string of the molecule is N[C@H](Cc1c[nH]c2ccccc12)C(=O)Nc1ccccc1-c1ccc(NC(=O)CCCCCCC(=O)NO)cc1.